The molecule has 1 aliphatic heterocycles. The van der Waals surface area contributed by atoms with Gasteiger partial charge in [-0.1, -0.05) is 6.07 Å². The highest BCUT2D eigenvalue weighted by Gasteiger charge is 2.15. The Hall–Kier alpha value is -1.35. The molecule has 1 fully saturated rings. The summed E-state index contributed by atoms with van der Waals surface area (Å²) < 4.78 is 0. The minimum Gasteiger partial charge on any atom is -0.342 e. The van der Waals surface area contributed by atoms with Gasteiger partial charge in [0, 0.05) is 6.42 Å². The predicted molar refractivity (Wildman–Crippen MR) is 74.9 cm³/mol. The highest BCUT2D eigenvalue weighted by molar-refractivity contribution is 5.79. The van der Waals surface area contributed by atoms with Crippen LogP contribution in [-0.2, 0) is 6.42 Å². The number of hydrogen-bond acceptors (Lipinski definition) is 2. The SMILES string of the molecule is Cc1cc(C)c2nc(CCC3CCNC3)[nH]c2c1. The van der Waals surface area contributed by atoms with Gasteiger partial charge in [0.2, 0.25) is 0 Å². The van der Waals surface area contributed by atoms with Crippen molar-refractivity contribution in [2.75, 3.05) is 13.1 Å². The summed E-state index contributed by atoms with van der Waals surface area (Å²) in [7, 11) is 0. The molecule has 0 bridgehead atoms. The highest BCUT2D eigenvalue weighted by Crippen LogP contribution is 2.20. The molecular weight excluding hydrogens is 222 g/mol. The van der Waals surface area contributed by atoms with Gasteiger partial charge in [-0.2, -0.15) is 0 Å². The summed E-state index contributed by atoms with van der Waals surface area (Å²) in [5.74, 6) is 1.98. The van der Waals surface area contributed by atoms with E-state index in [1.807, 2.05) is 0 Å². The van der Waals surface area contributed by atoms with Crippen LogP contribution in [0.25, 0.3) is 11.0 Å². The second-order valence-corrected chi connectivity index (χ2v) is 5.56. The molecule has 0 spiro atoms. The Morgan fingerprint density at radius 1 is 1.33 bits per heavy atom. The maximum absolute atomic E-state index is 4.74. The molecule has 0 amide bonds. The fraction of sp³-hybridized carbons (Fsp3) is 0.533. The lowest BCUT2D eigenvalue weighted by Crippen LogP contribution is -2.09. The van der Waals surface area contributed by atoms with Crippen molar-refractivity contribution in [1.82, 2.24) is 15.3 Å². The largest absolute Gasteiger partial charge is 0.342 e. The minimum absolute atomic E-state index is 0.834. The molecule has 2 heterocycles. The normalized spacial score (nSPS) is 19.8. The van der Waals surface area contributed by atoms with E-state index in [9.17, 15) is 0 Å². The standard InChI is InChI=1S/C15H21N3/c1-10-7-11(2)15-13(8-10)17-14(18-15)4-3-12-5-6-16-9-12/h7-8,12,16H,3-6,9H2,1-2H3,(H,17,18). The first-order valence-corrected chi connectivity index (χ1v) is 6.89. The molecule has 1 saturated heterocycles. The lowest BCUT2D eigenvalue weighted by Gasteiger charge is -2.05. The van der Waals surface area contributed by atoms with E-state index in [4.69, 9.17) is 4.98 Å². The van der Waals surface area contributed by atoms with E-state index in [1.165, 1.54) is 42.6 Å². The Bertz CT molecular complexity index is 550. The summed E-state index contributed by atoms with van der Waals surface area (Å²) in [5, 5.41) is 3.42. The Balaban J connectivity index is 1.78. The molecule has 0 saturated carbocycles. The summed E-state index contributed by atoms with van der Waals surface area (Å²) in [6.45, 7) is 6.64. The van der Waals surface area contributed by atoms with Gasteiger partial charge >= 0.3 is 0 Å². The van der Waals surface area contributed by atoms with Crippen LogP contribution >= 0.6 is 0 Å². The fourth-order valence-corrected chi connectivity index (χ4v) is 2.94. The highest BCUT2D eigenvalue weighted by atomic mass is 14.9. The number of aromatic nitrogens is 2. The number of rotatable bonds is 3. The third-order valence-corrected chi connectivity index (χ3v) is 3.92. The van der Waals surface area contributed by atoms with Crippen molar-refractivity contribution >= 4 is 11.0 Å². The number of H-pyrrole nitrogens is 1. The van der Waals surface area contributed by atoms with Crippen LogP contribution in [-0.4, -0.2) is 23.1 Å². The van der Waals surface area contributed by atoms with Crippen LogP contribution in [0, 0.1) is 19.8 Å². The lowest BCUT2D eigenvalue weighted by atomic mass is 10.0. The van der Waals surface area contributed by atoms with Crippen LogP contribution in [0.4, 0.5) is 0 Å². The second kappa shape index (κ2) is 4.73. The van der Waals surface area contributed by atoms with Crippen molar-refractivity contribution in [3.05, 3.63) is 29.1 Å². The zero-order valence-electron chi connectivity index (χ0n) is 11.2. The summed E-state index contributed by atoms with van der Waals surface area (Å²) in [5.41, 5.74) is 4.90. The molecule has 3 nitrogen and oxygen atoms in total. The number of nitrogens with zero attached hydrogens (tertiary/aromatic N) is 1. The van der Waals surface area contributed by atoms with Gasteiger partial charge in [-0.15, -0.1) is 0 Å². The number of fused-ring (bicyclic) bond motifs is 1. The molecule has 2 aromatic rings. The molecule has 1 aromatic heterocycles. The lowest BCUT2D eigenvalue weighted by molar-refractivity contribution is 0.526. The molecular formula is C15H21N3. The number of nitrogens with one attached hydrogen (secondary N) is 2. The zero-order valence-corrected chi connectivity index (χ0v) is 11.2. The van der Waals surface area contributed by atoms with Crippen LogP contribution < -0.4 is 5.32 Å². The van der Waals surface area contributed by atoms with Gasteiger partial charge in [-0.3, -0.25) is 0 Å². The Kier molecular flexibility index (Phi) is 3.08. The van der Waals surface area contributed by atoms with Crippen molar-refractivity contribution in [2.24, 2.45) is 5.92 Å². The van der Waals surface area contributed by atoms with E-state index in [0.717, 1.165) is 23.7 Å². The van der Waals surface area contributed by atoms with E-state index >= 15 is 0 Å². The van der Waals surface area contributed by atoms with Gasteiger partial charge in [0.15, 0.2) is 0 Å². The summed E-state index contributed by atoms with van der Waals surface area (Å²) in [6, 6.07) is 4.39. The van der Waals surface area contributed by atoms with Crippen LogP contribution in [0.1, 0.15) is 29.8 Å². The molecule has 0 aliphatic carbocycles. The topological polar surface area (TPSA) is 40.7 Å². The molecule has 2 N–H and O–H groups in total. The van der Waals surface area contributed by atoms with E-state index in [1.54, 1.807) is 0 Å². The van der Waals surface area contributed by atoms with Gasteiger partial charge in [0.25, 0.3) is 0 Å². The maximum atomic E-state index is 4.74. The Morgan fingerprint density at radius 3 is 3.00 bits per heavy atom. The van der Waals surface area contributed by atoms with Crippen LogP contribution in [0.2, 0.25) is 0 Å². The van der Waals surface area contributed by atoms with Gasteiger partial charge in [0.05, 0.1) is 11.0 Å². The fourth-order valence-electron chi connectivity index (χ4n) is 2.94. The summed E-state index contributed by atoms with van der Waals surface area (Å²) >= 11 is 0. The number of imidazole rings is 1. The first-order chi connectivity index (χ1) is 8.72. The van der Waals surface area contributed by atoms with Gasteiger partial charge in [0.1, 0.15) is 5.82 Å². The van der Waals surface area contributed by atoms with Gasteiger partial charge in [-0.25, -0.2) is 4.98 Å². The maximum Gasteiger partial charge on any atom is 0.107 e. The van der Waals surface area contributed by atoms with Crippen molar-refractivity contribution in [3.8, 4) is 0 Å². The number of benzene rings is 1. The van der Waals surface area contributed by atoms with Crippen LogP contribution in [0.5, 0.6) is 0 Å². The molecule has 1 unspecified atom stereocenters. The second-order valence-electron chi connectivity index (χ2n) is 5.56. The third-order valence-electron chi connectivity index (χ3n) is 3.92. The van der Waals surface area contributed by atoms with Crippen LogP contribution in [0.15, 0.2) is 12.1 Å². The average molecular weight is 243 g/mol. The zero-order chi connectivity index (χ0) is 12.5. The van der Waals surface area contributed by atoms with E-state index in [2.05, 4.69) is 36.3 Å². The summed E-state index contributed by atoms with van der Waals surface area (Å²) in [6.07, 6.45) is 3.63. The number of aromatic amines is 1. The molecule has 3 heteroatoms. The predicted octanol–water partition coefficient (Wildman–Crippen LogP) is 2.72. The van der Waals surface area contributed by atoms with E-state index in [-0.39, 0.29) is 0 Å². The number of hydrogen-bond donors (Lipinski definition) is 2. The third kappa shape index (κ3) is 2.27. The molecule has 3 rings (SSSR count). The first-order valence-electron chi connectivity index (χ1n) is 6.89. The first kappa shape index (κ1) is 11.7. The van der Waals surface area contributed by atoms with Crippen molar-refractivity contribution < 1.29 is 0 Å². The quantitative estimate of drug-likeness (QED) is 0.870. The molecule has 0 radical (unpaired) electrons. The van der Waals surface area contributed by atoms with Crippen molar-refractivity contribution in [2.45, 2.75) is 33.1 Å². The van der Waals surface area contributed by atoms with Crippen LogP contribution in [0.3, 0.4) is 0 Å². The van der Waals surface area contributed by atoms with Crippen molar-refractivity contribution in [1.29, 1.82) is 0 Å². The molecule has 1 aromatic carbocycles. The Labute approximate surface area is 108 Å². The Morgan fingerprint density at radius 2 is 2.22 bits per heavy atom. The molecule has 1 aliphatic rings. The smallest absolute Gasteiger partial charge is 0.107 e. The molecule has 96 valence electrons. The minimum atomic E-state index is 0.834. The van der Waals surface area contributed by atoms with Crippen molar-refractivity contribution in [3.63, 3.8) is 0 Å². The van der Waals surface area contributed by atoms with Gasteiger partial charge < -0.3 is 10.3 Å². The monoisotopic (exact) mass is 243 g/mol. The average Bonchev–Trinajstić information content (AvgIpc) is 2.93. The van der Waals surface area contributed by atoms with E-state index in [0.29, 0.717) is 0 Å². The van der Waals surface area contributed by atoms with E-state index < -0.39 is 0 Å². The molecule has 1 atom stereocenters. The summed E-state index contributed by atoms with van der Waals surface area (Å²) in [4.78, 5) is 8.21. The van der Waals surface area contributed by atoms with Gasteiger partial charge in [-0.05, 0) is 62.9 Å². The number of aryl methyl sites for hydroxylation is 3. The molecule has 18 heavy (non-hydrogen) atoms.